The van der Waals surface area contributed by atoms with Gasteiger partial charge in [-0.3, -0.25) is 0 Å². The Morgan fingerprint density at radius 3 is 2.67 bits per heavy atom. The first-order valence-electron chi connectivity index (χ1n) is 6.17. The minimum absolute atomic E-state index is 0.527. The van der Waals surface area contributed by atoms with Crippen LogP contribution in [0.25, 0.3) is 0 Å². The summed E-state index contributed by atoms with van der Waals surface area (Å²) in [6.07, 6.45) is 1.79. The number of aryl methyl sites for hydroxylation is 1. The van der Waals surface area contributed by atoms with Gasteiger partial charge in [-0.25, -0.2) is 4.98 Å². The summed E-state index contributed by atoms with van der Waals surface area (Å²) in [6, 6.07) is 12.0. The van der Waals surface area contributed by atoms with Gasteiger partial charge < -0.3 is 10.1 Å². The largest absolute Gasteiger partial charge is 0.489 e. The van der Waals surface area contributed by atoms with Crippen molar-refractivity contribution in [2.24, 2.45) is 0 Å². The molecule has 0 fully saturated rings. The van der Waals surface area contributed by atoms with Crippen molar-refractivity contribution < 1.29 is 4.74 Å². The van der Waals surface area contributed by atoms with Crippen molar-refractivity contribution in [2.45, 2.75) is 20.5 Å². The Labute approximate surface area is 108 Å². The lowest BCUT2D eigenvalue weighted by Gasteiger charge is -2.10. The van der Waals surface area contributed by atoms with Gasteiger partial charge in [0.2, 0.25) is 0 Å². The van der Waals surface area contributed by atoms with Gasteiger partial charge in [-0.05, 0) is 32.0 Å². The highest BCUT2D eigenvalue weighted by Crippen LogP contribution is 2.17. The predicted molar refractivity (Wildman–Crippen MR) is 73.9 cm³/mol. The monoisotopic (exact) mass is 242 g/mol. The molecule has 0 aliphatic heterocycles. The van der Waals surface area contributed by atoms with Crippen molar-refractivity contribution in [3.63, 3.8) is 0 Å². The highest BCUT2D eigenvalue weighted by molar-refractivity contribution is 5.43. The summed E-state index contributed by atoms with van der Waals surface area (Å²) in [6.45, 7) is 5.50. The summed E-state index contributed by atoms with van der Waals surface area (Å²) in [4.78, 5) is 4.30. The average Bonchev–Trinajstić information content (AvgIpc) is 2.40. The smallest absolute Gasteiger partial charge is 0.132 e. The molecule has 0 spiro atoms. The summed E-state index contributed by atoms with van der Waals surface area (Å²) >= 11 is 0. The number of hydrogen-bond acceptors (Lipinski definition) is 3. The lowest BCUT2D eigenvalue weighted by atomic mass is 10.2. The maximum Gasteiger partial charge on any atom is 0.132 e. The molecule has 1 aromatic carbocycles. The van der Waals surface area contributed by atoms with E-state index >= 15 is 0 Å². The maximum absolute atomic E-state index is 5.75. The number of nitrogens with one attached hydrogen (secondary N) is 1. The highest BCUT2D eigenvalue weighted by atomic mass is 16.5. The van der Waals surface area contributed by atoms with E-state index in [2.05, 4.69) is 24.1 Å². The van der Waals surface area contributed by atoms with E-state index < -0.39 is 0 Å². The number of aromatic nitrogens is 1. The molecule has 2 rings (SSSR count). The second-order valence-corrected chi connectivity index (χ2v) is 4.14. The molecule has 0 aliphatic rings. The van der Waals surface area contributed by atoms with Crippen LogP contribution in [0.5, 0.6) is 5.75 Å². The van der Waals surface area contributed by atoms with Crippen molar-refractivity contribution >= 4 is 5.82 Å². The number of ether oxygens (including phenoxy) is 1. The lowest BCUT2D eigenvalue weighted by molar-refractivity contribution is 0.306. The zero-order chi connectivity index (χ0) is 12.8. The molecule has 1 aromatic heterocycles. The van der Waals surface area contributed by atoms with Crippen LogP contribution in [0, 0.1) is 6.92 Å². The van der Waals surface area contributed by atoms with Gasteiger partial charge in [-0.2, -0.15) is 0 Å². The van der Waals surface area contributed by atoms with E-state index in [0.717, 1.165) is 23.7 Å². The lowest BCUT2D eigenvalue weighted by Crippen LogP contribution is -2.05. The first-order valence-corrected chi connectivity index (χ1v) is 6.17. The van der Waals surface area contributed by atoms with E-state index in [1.54, 1.807) is 6.20 Å². The molecule has 3 heteroatoms. The molecule has 1 heterocycles. The fourth-order valence-electron chi connectivity index (χ4n) is 1.68. The number of nitrogens with zero attached hydrogens (tertiary/aromatic N) is 1. The average molecular weight is 242 g/mol. The quantitative estimate of drug-likeness (QED) is 0.872. The van der Waals surface area contributed by atoms with E-state index in [1.165, 1.54) is 5.56 Å². The molecule has 0 saturated carbocycles. The molecule has 0 bridgehead atoms. The fraction of sp³-hybridized carbons (Fsp3) is 0.267. The van der Waals surface area contributed by atoms with E-state index in [0.29, 0.717) is 6.61 Å². The second kappa shape index (κ2) is 6.05. The van der Waals surface area contributed by atoms with Gasteiger partial charge in [0.05, 0.1) is 0 Å². The zero-order valence-corrected chi connectivity index (χ0v) is 10.8. The van der Waals surface area contributed by atoms with Crippen LogP contribution in [0.4, 0.5) is 5.82 Å². The van der Waals surface area contributed by atoms with Crippen LogP contribution in [-0.2, 0) is 6.61 Å². The molecule has 0 saturated heterocycles. The van der Waals surface area contributed by atoms with Gasteiger partial charge in [0.25, 0.3) is 0 Å². The molecular formula is C15H18N2O. The van der Waals surface area contributed by atoms with E-state index in [1.807, 2.05) is 36.4 Å². The van der Waals surface area contributed by atoms with Crippen LogP contribution in [-0.4, -0.2) is 11.5 Å². The van der Waals surface area contributed by atoms with Gasteiger partial charge >= 0.3 is 0 Å². The number of hydrogen-bond donors (Lipinski definition) is 1. The molecule has 0 atom stereocenters. The van der Waals surface area contributed by atoms with Gasteiger partial charge in [-0.1, -0.05) is 23.8 Å². The van der Waals surface area contributed by atoms with Crippen molar-refractivity contribution in [1.29, 1.82) is 0 Å². The molecule has 1 N–H and O–H groups in total. The van der Waals surface area contributed by atoms with Gasteiger partial charge in [-0.15, -0.1) is 0 Å². The molecule has 0 unspecified atom stereocenters. The Balaban J connectivity index is 2.03. The van der Waals surface area contributed by atoms with Gasteiger partial charge in [0.15, 0.2) is 0 Å². The molecule has 94 valence electrons. The minimum Gasteiger partial charge on any atom is -0.489 e. The first-order chi connectivity index (χ1) is 8.79. The van der Waals surface area contributed by atoms with Crippen molar-refractivity contribution in [3.05, 3.63) is 53.7 Å². The normalized spacial score (nSPS) is 10.1. The van der Waals surface area contributed by atoms with Gasteiger partial charge in [0, 0.05) is 18.3 Å². The SMILES string of the molecule is CCNc1ncccc1COc1ccc(C)cc1. The third kappa shape index (κ3) is 3.23. The summed E-state index contributed by atoms with van der Waals surface area (Å²) in [5.41, 5.74) is 2.30. The van der Waals surface area contributed by atoms with Crippen molar-refractivity contribution in [3.8, 4) is 5.75 Å². The van der Waals surface area contributed by atoms with E-state index in [4.69, 9.17) is 4.74 Å². The standard InChI is InChI=1S/C15H18N2O/c1-3-16-15-13(5-4-10-17-15)11-18-14-8-6-12(2)7-9-14/h4-10H,3,11H2,1-2H3,(H,16,17). The molecule has 3 nitrogen and oxygen atoms in total. The molecule has 2 aromatic rings. The summed E-state index contributed by atoms with van der Waals surface area (Å²) in [7, 11) is 0. The molecular weight excluding hydrogens is 224 g/mol. The van der Waals surface area contributed by atoms with Crippen molar-refractivity contribution in [1.82, 2.24) is 4.98 Å². The molecule has 0 radical (unpaired) electrons. The topological polar surface area (TPSA) is 34.2 Å². The summed E-state index contributed by atoms with van der Waals surface area (Å²) in [5.74, 6) is 1.78. The first kappa shape index (κ1) is 12.4. The van der Waals surface area contributed by atoms with Crippen LogP contribution in [0.2, 0.25) is 0 Å². The number of pyridine rings is 1. The van der Waals surface area contributed by atoms with Crippen LogP contribution in [0.1, 0.15) is 18.1 Å². The van der Waals surface area contributed by atoms with Gasteiger partial charge in [0.1, 0.15) is 18.2 Å². The predicted octanol–water partition coefficient (Wildman–Crippen LogP) is 3.40. The minimum atomic E-state index is 0.527. The van der Waals surface area contributed by atoms with Crippen LogP contribution in [0.15, 0.2) is 42.6 Å². The Morgan fingerprint density at radius 2 is 1.94 bits per heavy atom. The Kier molecular flexibility index (Phi) is 4.18. The highest BCUT2D eigenvalue weighted by Gasteiger charge is 2.02. The Hall–Kier alpha value is -2.03. The van der Waals surface area contributed by atoms with E-state index in [9.17, 15) is 0 Å². The Bertz CT molecular complexity index is 494. The maximum atomic E-state index is 5.75. The van der Waals surface area contributed by atoms with Crippen LogP contribution >= 0.6 is 0 Å². The molecule has 0 amide bonds. The van der Waals surface area contributed by atoms with Crippen molar-refractivity contribution in [2.75, 3.05) is 11.9 Å². The summed E-state index contributed by atoms with van der Waals surface area (Å²) < 4.78 is 5.75. The molecule has 18 heavy (non-hydrogen) atoms. The van der Waals surface area contributed by atoms with E-state index in [-0.39, 0.29) is 0 Å². The van der Waals surface area contributed by atoms with Crippen LogP contribution in [0.3, 0.4) is 0 Å². The third-order valence-corrected chi connectivity index (χ3v) is 2.65. The second-order valence-electron chi connectivity index (χ2n) is 4.14. The fourth-order valence-corrected chi connectivity index (χ4v) is 1.68. The third-order valence-electron chi connectivity index (χ3n) is 2.65. The number of rotatable bonds is 5. The number of benzene rings is 1. The van der Waals surface area contributed by atoms with Crippen LogP contribution < -0.4 is 10.1 Å². The number of anilines is 1. The zero-order valence-electron chi connectivity index (χ0n) is 10.8. The summed E-state index contributed by atoms with van der Waals surface area (Å²) in [5, 5.41) is 3.23. The Morgan fingerprint density at radius 1 is 1.17 bits per heavy atom. The molecule has 0 aliphatic carbocycles.